The van der Waals surface area contributed by atoms with E-state index in [0.29, 0.717) is 17.7 Å². The number of phenols is 1. The van der Waals surface area contributed by atoms with Gasteiger partial charge in [0.2, 0.25) is 0 Å². The monoisotopic (exact) mass is 444 g/mol. The first kappa shape index (κ1) is 25.8. The summed E-state index contributed by atoms with van der Waals surface area (Å²) in [7, 11) is 0. The summed E-state index contributed by atoms with van der Waals surface area (Å²) in [6, 6.07) is 2.80. The predicted molar refractivity (Wildman–Crippen MR) is 128 cm³/mol. The molecule has 0 spiro atoms. The van der Waals surface area contributed by atoms with Crippen LogP contribution in [0.4, 0.5) is 4.79 Å². The summed E-state index contributed by atoms with van der Waals surface area (Å²) in [5.41, 5.74) is 2.69. The summed E-state index contributed by atoms with van der Waals surface area (Å²) in [6.45, 7) is 17.9. The Labute approximate surface area is 192 Å². The molecule has 1 unspecified atom stereocenters. The fourth-order valence-corrected chi connectivity index (χ4v) is 3.90. The third-order valence-corrected chi connectivity index (χ3v) is 5.58. The topological polar surface area (TPSA) is 87.7 Å². The highest BCUT2D eigenvalue weighted by Crippen LogP contribution is 2.42. The van der Waals surface area contributed by atoms with Crippen LogP contribution in [0.15, 0.2) is 23.4 Å². The number of benzene rings is 1. The molecule has 32 heavy (non-hydrogen) atoms. The molecule has 0 saturated carbocycles. The lowest BCUT2D eigenvalue weighted by atomic mass is 9.77. The van der Waals surface area contributed by atoms with Gasteiger partial charge in [0.25, 0.3) is 0 Å². The Morgan fingerprint density at radius 3 is 2.06 bits per heavy atom. The van der Waals surface area contributed by atoms with Gasteiger partial charge < -0.3 is 20.5 Å². The van der Waals surface area contributed by atoms with Crippen molar-refractivity contribution >= 4 is 12.0 Å². The van der Waals surface area contributed by atoms with Gasteiger partial charge in [-0.05, 0) is 66.3 Å². The van der Waals surface area contributed by atoms with Crippen molar-refractivity contribution < 1.29 is 19.4 Å². The van der Waals surface area contributed by atoms with Crippen LogP contribution in [-0.4, -0.2) is 23.2 Å². The van der Waals surface area contributed by atoms with E-state index in [-0.39, 0.29) is 28.7 Å². The third-order valence-electron chi connectivity index (χ3n) is 5.58. The van der Waals surface area contributed by atoms with E-state index in [2.05, 4.69) is 17.6 Å². The Kier molecular flexibility index (Phi) is 7.69. The summed E-state index contributed by atoms with van der Waals surface area (Å²) < 4.78 is 5.57. The van der Waals surface area contributed by atoms with Crippen LogP contribution in [0, 0.1) is 0 Å². The molecule has 3 N–H and O–H groups in total. The second-order valence-electron chi connectivity index (χ2n) is 10.9. The summed E-state index contributed by atoms with van der Waals surface area (Å²) in [6.07, 6.45) is 2.08. The zero-order valence-corrected chi connectivity index (χ0v) is 21.1. The number of phenolic OH excluding ortho intramolecular Hbond substituents is 1. The fourth-order valence-electron chi connectivity index (χ4n) is 3.90. The molecule has 2 amide bonds. The summed E-state index contributed by atoms with van der Waals surface area (Å²) >= 11 is 0. The van der Waals surface area contributed by atoms with Gasteiger partial charge >= 0.3 is 12.0 Å². The van der Waals surface area contributed by atoms with Crippen molar-refractivity contribution in [1.82, 2.24) is 10.6 Å². The van der Waals surface area contributed by atoms with Crippen LogP contribution < -0.4 is 10.6 Å². The number of rotatable bonds is 6. The Bertz CT molecular complexity index is 866. The number of aromatic hydroxyl groups is 1. The maximum absolute atomic E-state index is 13.2. The zero-order valence-electron chi connectivity index (χ0n) is 21.1. The van der Waals surface area contributed by atoms with Crippen molar-refractivity contribution in [2.45, 2.75) is 105 Å². The molecular weight excluding hydrogens is 404 g/mol. The number of unbranched alkanes of at least 4 members (excludes halogenated alkanes) is 1. The molecular formula is C26H40N2O4. The maximum atomic E-state index is 13.2. The lowest BCUT2D eigenvalue weighted by Gasteiger charge is -2.33. The Morgan fingerprint density at radius 1 is 1.09 bits per heavy atom. The van der Waals surface area contributed by atoms with Gasteiger partial charge in [-0.25, -0.2) is 9.59 Å². The van der Waals surface area contributed by atoms with Gasteiger partial charge in [-0.2, -0.15) is 0 Å². The van der Waals surface area contributed by atoms with Crippen LogP contribution in [-0.2, 0) is 20.4 Å². The molecule has 0 radical (unpaired) electrons. The molecule has 2 rings (SSSR count). The lowest BCUT2D eigenvalue weighted by Crippen LogP contribution is -2.46. The number of nitrogens with one attached hydrogen (secondary N) is 2. The van der Waals surface area contributed by atoms with Crippen LogP contribution in [0.2, 0.25) is 0 Å². The molecule has 1 aliphatic rings. The molecule has 0 fully saturated rings. The molecule has 6 nitrogen and oxygen atoms in total. The molecule has 1 aromatic rings. The quantitative estimate of drug-likeness (QED) is 0.489. The Balaban J connectivity index is 2.78. The number of esters is 1. The van der Waals surface area contributed by atoms with E-state index in [0.717, 1.165) is 29.5 Å². The first-order valence-corrected chi connectivity index (χ1v) is 11.6. The molecule has 6 heteroatoms. The van der Waals surface area contributed by atoms with Crippen LogP contribution >= 0.6 is 0 Å². The second-order valence-corrected chi connectivity index (χ2v) is 10.9. The smallest absolute Gasteiger partial charge is 0.338 e. The van der Waals surface area contributed by atoms with Gasteiger partial charge in [-0.3, -0.25) is 0 Å². The minimum atomic E-state index is -0.662. The number of carbonyl (C=O) groups excluding carboxylic acids is 2. The van der Waals surface area contributed by atoms with E-state index >= 15 is 0 Å². The number of carbonyl (C=O) groups is 2. The average molecular weight is 445 g/mol. The highest BCUT2D eigenvalue weighted by molar-refractivity contribution is 5.95. The van der Waals surface area contributed by atoms with Crippen molar-refractivity contribution in [2.24, 2.45) is 0 Å². The van der Waals surface area contributed by atoms with E-state index in [1.807, 2.05) is 67.5 Å². The number of hydrogen-bond acceptors (Lipinski definition) is 4. The Morgan fingerprint density at radius 2 is 1.62 bits per heavy atom. The molecule has 1 atom stereocenters. The predicted octanol–water partition coefficient (Wildman–Crippen LogP) is 5.74. The average Bonchev–Trinajstić information content (AvgIpc) is 2.63. The van der Waals surface area contributed by atoms with Crippen LogP contribution in [0.5, 0.6) is 5.75 Å². The second kappa shape index (κ2) is 9.55. The first-order valence-electron chi connectivity index (χ1n) is 11.6. The first-order chi connectivity index (χ1) is 14.7. The third kappa shape index (κ3) is 5.84. The van der Waals surface area contributed by atoms with Gasteiger partial charge in [0.15, 0.2) is 0 Å². The van der Waals surface area contributed by atoms with Gasteiger partial charge in [0.1, 0.15) is 5.75 Å². The molecule has 1 aliphatic heterocycles. The molecule has 0 aliphatic carbocycles. The van der Waals surface area contributed by atoms with Crippen molar-refractivity contribution in [2.75, 3.05) is 0 Å². The van der Waals surface area contributed by atoms with Gasteiger partial charge in [0, 0.05) is 5.70 Å². The molecule has 0 saturated heterocycles. The minimum Gasteiger partial charge on any atom is -0.507 e. The SMILES string of the molecule is CCCCC1=C(C(=O)OC(C)C)C(c2cc(C(C)(C)C)c(O)c(C(C)(C)C)c2)NC(=O)N1. The lowest BCUT2D eigenvalue weighted by molar-refractivity contribution is -0.143. The van der Waals surface area contributed by atoms with E-state index in [9.17, 15) is 14.7 Å². The van der Waals surface area contributed by atoms with E-state index in [1.165, 1.54) is 0 Å². The van der Waals surface area contributed by atoms with Crippen molar-refractivity contribution in [1.29, 1.82) is 0 Å². The molecule has 178 valence electrons. The fraction of sp³-hybridized carbons (Fsp3) is 0.615. The molecule has 1 aromatic carbocycles. The largest absolute Gasteiger partial charge is 0.507 e. The molecule has 1 heterocycles. The van der Waals surface area contributed by atoms with Gasteiger partial charge in [-0.15, -0.1) is 0 Å². The van der Waals surface area contributed by atoms with E-state index < -0.39 is 12.0 Å². The minimum absolute atomic E-state index is 0.260. The standard InChI is InChI=1S/C26H40N2O4/c1-10-11-12-19-20(23(30)32-15(2)3)21(28-24(31)27-19)16-13-17(25(4,5)6)22(29)18(14-16)26(7,8)9/h13-15,21,29H,10-12H2,1-9H3,(H2,27,28,31). The molecule has 0 bridgehead atoms. The number of hydrogen-bond donors (Lipinski definition) is 3. The maximum Gasteiger partial charge on any atom is 0.338 e. The summed E-state index contributed by atoms with van der Waals surface area (Å²) in [4.78, 5) is 25.8. The van der Waals surface area contributed by atoms with Crippen molar-refractivity contribution in [3.63, 3.8) is 0 Å². The Hall–Kier alpha value is -2.50. The van der Waals surface area contributed by atoms with Crippen molar-refractivity contribution in [3.05, 3.63) is 40.1 Å². The van der Waals surface area contributed by atoms with Crippen LogP contribution in [0.25, 0.3) is 0 Å². The van der Waals surface area contributed by atoms with E-state index in [1.54, 1.807) is 0 Å². The highest BCUT2D eigenvalue weighted by Gasteiger charge is 2.36. The number of allylic oxidation sites excluding steroid dienone is 1. The van der Waals surface area contributed by atoms with Crippen LogP contribution in [0.1, 0.15) is 104 Å². The highest BCUT2D eigenvalue weighted by atomic mass is 16.5. The van der Waals surface area contributed by atoms with Gasteiger partial charge in [-0.1, -0.05) is 54.9 Å². The summed E-state index contributed by atoms with van der Waals surface area (Å²) in [5.74, 6) is -0.179. The number of urea groups is 1. The van der Waals surface area contributed by atoms with E-state index in [4.69, 9.17) is 4.74 Å². The molecule has 0 aromatic heterocycles. The zero-order chi connectivity index (χ0) is 24.4. The summed E-state index contributed by atoms with van der Waals surface area (Å²) in [5, 5.41) is 16.9. The van der Waals surface area contributed by atoms with Gasteiger partial charge in [0.05, 0.1) is 17.7 Å². The number of ether oxygens (including phenoxy) is 1. The van der Waals surface area contributed by atoms with Crippen LogP contribution in [0.3, 0.4) is 0 Å². The number of amides is 2. The normalized spacial score (nSPS) is 17.3. The van der Waals surface area contributed by atoms with Crippen molar-refractivity contribution in [3.8, 4) is 5.75 Å².